The Morgan fingerprint density at radius 3 is 1.05 bits per heavy atom. The first kappa shape index (κ1) is 43.3. The van der Waals surface area contributed by atoms with E-state index in [1.54, 1.807) is 78.3 Å². The minimum Gasteiger partial charge on any atom is -0.399 e. The summed E-state index contributed by atoms with van der Waals surface area (Å²) in [4.78, 5) is 42.1. The van der Waals surface area contributed by atoms with Gasteiger partial charge in [0.25, 0.3) is 17.7 Å². The molecule has 0 aromatic heterocycles. The van der Waals surface area contributed by atoms with Gasteiger partial charge < -0.3 is 47.4 Å². The highest BCUT2D eigenvalue weighted by Gasteiger charge is 2.18. The van der Waals surface area contributed by atoms with Gasteiger partial charge in [0.15, 0.2) is 0 Å². The van der Waals surface area contributed by atoms with E-state index in [0.29, 0.717) is 33.8 Å². The Morgan fingerprint density at radius 1 is 0.397 bits per heavy atom. The number of carbonyl (C=O) groups is 3. The Labute approximate surface area is 341 Å². The van der Waals surface area contributed by atoms with Crippen molar-refractivity contribution in [3.05, 3.63) is 162 Å². The van der Waals surface area contributed by atoms with Crippen LogP contribution in [-0.4, -0.2) is 67.1 Å². The molecule has 0 saturated heterocycles. The van der Waals surface area contributed by atoms with Crippen molar-refractivity contribution < 1.29 is 14.4 Å². The third kappa shape index (κ3) is 11.1. The summed E-state index contributed by atoms with van der Waals surface area (Å²) in [6.45, 7) is 0. The van der Waals surface area contributed by atoms with Crippen molar-refractivity contribution in [2.75, 3.05) is 96.8 Å². The van der Waals surface area contributed by atoms with E-state index in [9.17, 15) is 14.4 Å². The maximum absolute atomic E-state index is 12.5. The molecule has 8 N–H and O–H groups in total. The van der Waals surface area contributed by atoms with Gasteiger partial charge in [-0.05, 0) is 109 Å². The molecule has 0 atom stereocenters. The molecular weight excluding hydrogens is 727 g/mol. The van der Waals surface area contributed by atoms with E-state index in [1.165, 1.54) is 0 Å². The number of nitrogens with two attached hydrogens (primary N) is 2. The van der Waals surface area contributed by atoms with Gasteiger partial charge in [0.05, 0.1) is 34.1 Å². The SMILES string of the molecule is CNc1ccc(C(=O)N(C)c2ccccc2N)cc1.CNc1ccc(C(=O)N(C)c2ccccc2NC)cc1.CNc1ccccc1N(C)C(=O)c1ccc(N)cc1. The first-order valence-electron chi connectivity index (χ1n) is 18.6. The first-order chi connectivity index (χ1) is 27.9. The van der Waals surface area contributed by atoms with Crippen molar-refractivity contribution in [1.82, 2.24) is 0 Å². The second kappa shape index (κ2) is 21.0. The van der Waals surface area contributed by atoms with Gasteiger partial charge in [-0.15, -0.1) is 0 Å². The number of nitrogens with one attached hydrogen (secondary N) is 4. The van der Waals surface area contributed by atoms with E-state index in [1.807, 2.05) is 131 Å². The lowest BCUT2D eigenvalue weighted by Crippen LogP contribution is -2.26. The second-order valence-electron chi connectivity index (χ2n) is 13.0. The van der Waals surface area contributed by atoms with E-state index in [4.69, 9.17) is 11.5 Å². The smallest absolute Gasteiger partial charge is 0.258 e. The Bertz CT molecular complexity index is 2260. The summed E-state index contributed by atoms with van der Waals surface area (Å²) in [5.41, 5.74) is 20.9. The van der Waals surface area contributed by atoms with Gasteiger partial charge in [0.2, 0.25) is 0 Å². The molecular formula is C46H53N9O3. The van der Waals surface area contributed by atoms with Gasteiger partial charge in [0.1, 0.15) is 0 Å². The molecule has 0 aliphatic rings. The van der Waals surface area contributed by atoms with Gasteiger partial charge in [-0.25, -0.2) is 0 Å². The fraction of sp³-hybridized carbons (Fsp3) is 0.152. The molecule has 0 aliphatic carbocycles. The molecule has 0 radical (unpaired) electrons. The number of amides is 3. The molecule has 0 bridgehead atoms. The molecule has 0 saturated carbocycles. The number of carbonyl (C=O) groups excluding carboxylic acids is 3. The zero-order chi connectivity index (χ0) is 42.2. The predicted octanol–water partition coefficient (Wildman–Crippen LogP) is 8.22. The van der Waals surface area contributed by atoms with Crippen LogP contribution < -0.4 is 47.4 Å². The number of para-hydroxylation sites is 6. The highest BCUT2D eigenvalue weighted by Crippen LogP contribution is 2.27. The molecule has 12 nitrogen and oxygen atoms in total. The Balaban J connectivity index is 0.000000193. The molecule has 3 amide bonds. The van der Waals surface area contributed by atoms with E-state index in [-0.39, 0.29) is 17.7 Å². The molecule has 0 fully saturated rings. The minimum absolute atomic E-state index is 0.0321. The number of hydrogen-bond donors (Lipinski definition) is 6. The molecule has 0 heterocycles. The minimum atomic E-state index is -0.0828. The molecule has 300 valence electrons. The van der Waals surface area contributed by atoms with Crippen LogP contribution in [0.1, 0.15) is 31.1 Å². The normalized spacial score (nSPS) is 9.98. The van der Waals surface area contributed by atoms with Crippen molar-refractivity contribution in [2.45, 2.75) is 0 Å². The van der Waals surface area contributed by atoms with Crippen LogP contribution in [0.5, 0.6) is 0 Å². The highest BCUT2D eigenvalue weighted by molar-refractivity contribution is 6.09. The van der Waals surface area contributed by atoms with Crippen molar-refractivity contribution in [2.24, 2.45) is 0 Å². The van der Waals surface area contributed by atoms with Gasteiger partial charge in [0, 0.05) is 83.1 Å². The molecule has 6 rings (SSSR count). The maximum atomic E-state index is 12.5. The predicted molar refractivity (Wildman–Crippen MR) is 244 cm³/mol. The molecule has 12 heteroatoms. The summed E-state index contributed by atoms with van der Waals surface area (Å²) < 4.78 is 0. The maximum Gasteiger partial charge on any atom is 0.258 e. The second-order valence-corrected chi connectivity index (χ2v) is 13.0. The molecule has 6 aromatic rings. The molecule has 58 heavy (non-hydrogen) atoms. The lowest BCUT2D eigenvalue weighted by Gasteiger charge is -2.20. The van der Waals surface area contributed by atoms with E-state index in [0.717, 1.165) is 34.1 Å². The summed E-state index contributed by atoms with van der Waals surface area (Å²) in [6.07, 6.45) is 0. The number of nitrogen functional groups attached to an aromatic ring is 2. The summed E-state index contributed by atoms with van der Waals surface area (Å²) >= 11 is 0. The zero-order valence-electron chi connectivity index (χ0n) is 34.1. The third-order valence-electron chi connectivity index (χ3n) is 9.28. The Morgan fingerprint density at radius 2 is 0.707 bits per heavy atom. The Hall–Kier alpha value is -7.47. The molecule has 0 unspecified atom stereocenters. The van der Waals surface area contributed by atoms with Crippen LogP contribution in [0.4, 0.5) is 51.2 Å². The van der Waals surface area contributed by atoms with Crippen molar-refractivity contribution in [1.29, 1.82) is 0 Å². The van der Waals surface area contributed by atoms with Crippen molar-refractivity contribution >= 4 is 68.9 Å². The van der Waals surface area contributed by atoms with Crippen LogP contribution in [0, 0.1) is 0 Å². The fourth-order valence-electron chi connectivity index (χ4n) is 5.84. The van der Waals surface area contributed by atoms with E-state index in [2.05, 4.69) is 21.3 Å². The number of hydrogen-bond acceptors (Lipinski definition) is 9. The summed E-state index contributed by atoms with van der Waals surface area (Å²) in [6, 6.07) is 44.4. The van der Waals surface area contributed by atoms with Crippen LogP contribution in [0.2, 0.25) is 0 Å². The quantitative estimate of drug-likeness (QED) is 0.0753. The first-order valence-corrected chi connectivity index (χ1v) is 18.6. The lowest BCUT2D eigenvalue weighted by molar-refractivity contribution is 0.0985. The Kier molecular flexibility index (Phi) is 15.7. The number of nitrogens with zero attached hydrogens (tertiary/aromatic N) is 3. The standard InChI is InChI=1S/C16H19N3O.2C15H17N3O/c1-17-13-10-8-12(9-11-13)16(20)19(3)15-7-5-4-6-14(15)18-2;1-17-12-9-7-11(8-10-12)15(19)18(2)14-6-4-3-5-13(14)16;1-17-13-5-3-4-6-14(13)18(2)15(19)11-7-9-12(16)10-8-11/h4-11,17-18H,1-3H3;2*3-10,17H,16H2,1-2H3. The van der Waals surface area contributed by atoms with Crippen molar-refractivity contribution in [3.63, 3.8) is 0 Å². The number of benzene rings is 6. The van der Waals surface area contributed by atoms with Crippen LogP contribution in [0.15, 0.2) is 146 Å². The molecule has 6 aromatic carbocycles. The van der Waals surface area contributed by atoms with E-state index >= 15 is 0 Å². The van der Waals surface area contributed by atoms with Crippen LogP contribution in [0.3, 0.4) is 0 Å². The summed E-state index contributed by atoms with van der Waals surface area (Å²) in [5.74, 6) is -0.182. The topological polar surface area (TPSA) is 161 Å². The lowest BCUT2D eigenvalue weighted by atomic mass is 10.1. The van der Waals surface area contributed by atoms with Gasteiger partial charge in [-0.3, -0.25) is 14.4 Å². The zero-order valence-corrected chi connectivity index (χ0v) is 34.1. The molecule has 0 spiro atoms. The number of rotatable bonds is 10. The monoisotopic (exact) mass is 779 g/mol. The number of anilines is 9. The van der Waals surface area contributed by atoms with Crippen LogP contribution in [-0.2, 0) is 0 Å². The van der Waals surface area contributed by atoms with Gasteiger partial charge in [-0.1, -0.05) is 36.4 Å². The van der Waals surface area contributed by atoms with E-state index < -0.39 is 0 Å². The average molecular weight is 780 g/mol. The van der Waals surface area contributed by atoms with Crippen molar-refractivity contribution in [3.8, 4) is 0 Å². The largest absolute Gasteiger partial charge is 0.399 e. The van der Waals surface area contributed by atoms with Crippen LogP contribution in [0.25, 0.3) is 0 Å². The highest BCUT2D eigenvalue weighted by atomic mass is 16.2. The molecule has 0 aliphatic heterocycles. The van der Waals surface area contributed by atoms with Gasteiger partial charge >= 0.3 is 0 Å². The van der Waals surface area contributed by atoms with Crippen LogP contribution >= 0.6 is 0 Å². The summed E-state index contributed by atoms with van der Waals surface area (Å²) in [7, 11) is 12.6. The van der Waals surface area contributed by atoms with Gasteiger partial charge in [-0.2, -0.15) is 0 Å². The fourth-order valence-corrected chi connectivity index (χ4v) is 5.84. The summed E-state index contributed by atoms with van der Waals surface area (Å²) in [5, 5.41) is 12.2. The third-order valence-corrected chi connectivity index (χ3v) is 9.28. The average Bonchev–Trinajstić information content (AvgIpc) is 3.28.